The predicted octanol–water partition coefficient (Wildman–Crippen LogP) is 4.00. The second-order valence-electron chi connectivity index (χ2n) is 8.09. The van der Waals surface area contributed by atoms with E-state index in [1.165, 1.54) is 0 Å². The van der Waals surface area contributed by atoms with Gasteiger partial charge >= 0.3 is 0 Å². The van der Waals surface area contributed by atoms with Crippen LogP contribution in [0.15, 0.2) is 30.3 Å². The standard InChI is InChI=1S/C24H24N4O3S/c1-13-14(2)32-20-11-19(22(26)29)24(28-21(13)20)31-18-8-6-17(7-9-18)27-23(30)16-5-3-4-15(10-16)12-25/h3-5,10-11,17-18H,6-9H2,1-2H3,(H2,26,29)(H,27,30). The molecule has 1 saturated carbocycles. The average molecular weight is 449 g/mol. The SMILES string of the molecule is Cc1sc2cc(C(N)=O)c(OC3CCC(NC(=O)c4cccc(C#N)c4)CC3)nc2c1C. The highest BCUT2D eigenvalue weighted by atomic mass is 32.1. The van der Waals surface area contributed by atoms with E-state index in [1.807, 2.05) is 19.9 Å². The lowest BCUT2D eigenvalue weighted by molar-refractivity contribution is 0.0881. The average Bonchev–Trinajstić information content (AvgIpc) is 3.07. The number of hydrogen-bond donors (Lipinski definition) is 2. The third-order valence-electron chi connectivity index (χ3n) is 5.91. The molecular weight excluding hydrogens is 424 g/mol. The summed E-state index contributed by atoms with van der Waals surface area (Å²) in [6.07, 6.45) is 2.84. The fourth-order valence-electron chi connectivity index (χ4n) is 3.98. The minimum Gasteiger partial charge on any atom is -0.474 e. The number of benzene rings is 1. The number of fused-ring (bicyclic) bond motifs is 1. The van der Waals surface area contributed by atoms with Crippen LogP contribution in [0.25, 0.3) is 10.2 Å². The molecule has 0 unspecified atom stereocenters. The summed E-state index contributed by atoms with van der Waals surface area (Å²) in [5, 5.41) is 12.1. The summed E-state index contributed by atoms with van der Waals surface area (Å²) in [4.78, 5) is 30.3. The van der Waals surface area contributed by atoms with Crippen LogP contribution in [-0.4, -0.2) is 28.9 Å². The Morgan fingerprint density at radius 1 is 1.22 bits per heavy atom. The van der Waals surface area contributed by atoms with E-state index in [2.05, 4.69) is 10.3 Å². The van der Waals surface area contributed by atoms with Crippen LogP contribution in [0.4, 0.5) is 0 Å². The number of nitrogens with zero attached hydrogens (tertiary/aromatic N) is 2. The Morgan fingerprint density at radius 3 is 2.66 bits per heavy atom. The number of carbonyl (C=O) groups excluding carboxylic acids is 2. The van der Waals surface area contributed by atoms with Crippen molar-refractivity contribution < 1.29 is 14.3 Å². The van der Waals surface area contributed by atoms with Crippen molar-refractivity contribution in [2.45, 2.75) is 51.7 Å². The molecular formula is C24H24N4O3S. The molecule has 1 aromatic carbocycles. The summed E-state index contributed by atoms with van der Waals surface area (Å²) >= 11 is 1.59. The first kappa shape index (κ1) is 21.8. The van der Waals surface area contributed by atoms with Crippen LogP contribution in [0, 0.1) is 25.2 Å². The molecule has 4 rings (SSSR count). The van der Waals surface area contributed by atoms with E-state index in [4.69, 9.17) is 15.7 Å². The van der Waals surface area contributed by atoms with Crippen LogP contribution in [0.5, 0.6) is 5.88 Å². The van der Waals surface area contributed by atoms with Gasteiger partial charge in [-0.2, -0.15) is 5.26 Å². The Morgan fingerprint density at radius 2 is 1.97 bits per heavy atom. The first-order chi connectivity index (χ1) is 15.4. The van der Waals surface area contributed by atoms with Gasteiger partial charge in [0.25, 0.3) is 11.8 Å². The molecule has 0 atom stereocenters. The molecule has 1 fully saturated rings. The Labute approximate surface area is 190 Å². The molecule has 0 spiro atoms. The number of primary amides is 1. The second kappa shape index (κ2) is 8.97. The molecule has 7 nitrogen and oxygen atoms in total. The topological polar surface area (TPSA) is 118 Å². The number of aryl methyl sites for hydroxylation is 2. The van der Waals surface area contributed by atoms with Gasteiger partial charge < -0.3 is 15.8 Å². The summed E-state index contributed by atoms with van der Waals surface area (Å²) in [6.45, 7) is 4.04. The first-order valence-corrected chi connectivity index (χ1v) is 11.4. The zero-order valence-electron chi connectivity index (χ0n) is 18.0. The smallest absolute Gasteiger partial charge is 0.254 e. The second-order valence-corrected chi connectivity index (χ2v) is 9.35. The number of rotatable bonds is 5. The van der Waals surface area contributed by atoms with E-state index in [0.717, 1.165) is 46.3 Å². The lowest BCUT2D eigenvalue weighted by Gasteiger charge is -2.29. The van der Waals surface area contributed by atoms with Crippen LogP contribution in [-0.2, 0) is 0 Å². The Bertz CT molecular complexity index is 1240. The molecule has 0 aliphatic heterocycles. The maximum absolute atomic E-state index is 12.5. The minimum atomic E-state index is -0.557. The van der Waals surface area contributed by atoms with Crippen molar-refractivity contribution in [2.24, 2.45) is 5.73 Å². The van der Waals surface area contributed by atoms with E-state index in [0.29, 0.717) is 16.7 Å². The number of carbonyl (C=O) groups is 2. The van der Waals surface area contributed by atoms with E-state index < -0.39 is 5.91 Å². The number of aromatic nitrogens is 1. The van der Waals surface area contributed by atoms with Gasteiger partial charge in [0.15, 0.2) is 0 Å². The zero-order chi connectivity index (χ0) is 22.8. The van der Waals surface area contributed by atoms with Gasteiger partial charge in [-0.25, -0.2) is 4.98 Å². The number of thiophene rings is 1. The highest BCUT2D eigenvalue weighted by Crippen LogP contribution is 2.34. The Kier molecular flexibility index (Phi) is 6.10. The molecule has 0 bridgehead atoms. The molecule has 3 aromatic rings. The molecule has 164 valence electrons. The lowest BCUT2D eigenvalue weighted by atomic mass is 9.92. The fourth-order valence-corrected chi connectivity index (χ4v) is 5.03. The van der Waals surface area contributed by atoms with E-state index in [-0.39, 0.29) is 23.9 Å². The van der Waals surface area contributed by atoms with Crippen molar-refractivity contribution in [1.29, 1.82) is 5.26 Å². The fraction of sp³-hybridized carbons (Fsp3) is 0.333. The van der Waals surface area contributed by atoms with Crippen LogP contribution >= 0.6 is 11.3 Å². The third-order valence-corrected chi connectivity index (χ3v) is 7.05. The molecule has 3 N–H and O–H groups in total. The van der Waals surface area contributed by atoms with Gasteiger partial charge in [0.2, 0.25) is 5.88 Å². The number of hydrogen-bond acceptors (Lipinski definition) is 6. The van der Waals surface area contributed by atoms with Crippen molar-refractivity contribution in [3.05, 3.63) is 57.5 Å². The summed E-state index contributed by atoms with van der Waals surface area (Å²) in [5.41, 5.74) is 8.74. The Hall–Kier alpha value is -3.44. The van der Waals surface area contributed by atoms with E-state index in [1.54, 1.807) is 41.7 Å². The monoisotopic (exact) mass is 448 g/mol. The highest BCUT2D eigenvalue weighted by Gasteiger charge is 2.26. The van der Waals surface area contributed by atoms with Crippen molar-refractivity contribution in [1.82, 2.24) is 10.3 Å². The van der Waals surface area contributed by atoms with Crippen molar-refractivity contribution in [3.63, 3.8) is 0 Å². The maximum atomic E-state index is 12.5. The van der Waals surface area contributed by atoms with E-state index in [9.17, 15) is 9.59 Å². The largest absolute Gasteiger partial charge is 0.474 e. The van der Waals surface area contributed by atoms with Gasteiger partial charge in [-0.1, -0.05) is 6.07 Å². The number of nitrogens with one attached hydrogen (secondary N) is 1. The number of pyridine rings is 1. The molecule has 0 radical (unpaired) electrons. The normalized spacial score (nSPS) is 18.2. The van der Waals surface area contributed by atoms with Crippen LogP contribution in [0.3, 0.4) is 0 Å². The van der Waals surface area contributed by atoms with E-state index >= 15 is 0 Å². The number of nitriles is 1. The first-order valence-electron chi connectivity index (χ1n) is 10.5. The molecule has 2 aromatic heterocycles. The number of nitrogens with two attached hydrogens (primary N) is 1. The zero-order valence-corrected chi connectivity index (χ0v) is 18.8. The van der Waals surface area contributed by atoms with Crippen molar-refractivity contribution in [2.75, 3.05) is 0 Å². The summed E-state index contributed by atoms with van der Waals surface area (Å²) in [6, 6.07) is 10.5. The molecule has 0 saturated heterocycles. The molecule has 8 heteroatoms. The molecule has 1 aliphatic rings. The maximum Gasteiger partial charge on any atom is 0.254 e. The number of amides is 2. The highest BCUT2D eigenvalue weighted by molar-refractivity contribution is 7.19. The molecule has 2 heterocycles. The predicted molar refractivity (Wildman–Crippen MR) is 123 cm³/mol. The van der Waals surface area contributed by atoms with Gasteiger partial charge in [-0.05, 0) is 69.4 Å². The van der Waals surface area contributed by atoms with Gasteiger partial charge in [0, 0.05) is 16.5 Å². The van der Waals surface area contributed by atoms with Gasteiger partial charge in [0.1, 0.15) is 11.7 Å². The quantitative estimate of drug-likeness (QED) is 0.611. The third kappa shape index (κ3) is 4.43. The van der Waals surface area contributed by atoms with Crippen molar-refractivity contribution >= 4 is 33.4 Å². The molecule has 2 amide bonds. The lowest BCUT2D eigenvalue weighted by Crippen LogP contribution is -2.39. The molecule has 1 aliphatic carbocycles. The number of ether oxygens (including phenoxy) is 1. The Balaban J connectivity index is 1.41. The van der Waals surface area contributed by atoms with Crippen LogP contribution in [0.2, 0.25) is 0 Å². The van der Waals surface area contributed by atoms with Gasteiger partial charge in [0.05, 0.1) is 21.8 Å². The summed E-state index contributed by atoms with van der Waals surface area (Å²) in [7, 11) is 0. The molecule has 32 heavy (non-hydrogen) atoms. The van der Waals surface area contributed by atoms with Crippen molar-refractivity contribution in [3.8, 4) is 11.9 Å². The van der Waals surface area contributed by atoms with Crippen LogP contribution in [0.1, 0.15) is 62.4 Å². The summed E-state index contributed by atoms with van der Waals surface area (Å²) < 4.78 is 7.06. The van der Waals surface area contributed by atoms with Crippen LogP contribution < -0.4 is 15.8 Å². The van der Waals surface area contributed by atoms with Gasteiger partial charge in [-0.15, -0.1) is 11.3 Å². The summed E-state index contributed by atoms with van der Waals surface area (Å²) in [5.74, 6) is -0.455. The van der Waals surface area contributed by atoms with Gasteiger partial charge in [-0.3, -0.25) is 9.59 Å². The minimum absolute atomic E-state index is 0.0286.